The molecule has 0 aliphatic rings. The molecule has 0 radical (unpaired) electrons. The molecule has 7 nitrogen and oxygen atoms in total. The summed E-state index contributed by atoms with van der Waals surface area (Å²) in [7, 11) is 0. The second-order valence-electron chi connectivity index (χ2n) is 7.80. The third-order valence-corrected chi connectivity index (χ3v) is 5.77. The lowest BCUT2D eigenvalue weighted by molar-refractivity contribution is 0.100. The number of nitrogens with two attached hydrogens (primary N) is 2. The van der Waals surface area contributed by atoms with Gasteiger partial charge in [0, 0.05) is 5.56 Å². The highest BCUT2D eigenvalue weighted by Crippen LogP contribution is 2.36. The fraction of sp³-hybridized carbons (Fsp3) is 0.0800. The monoisotopic (exact) mass is 423 g/mol. The molecule has 3 aromatic carbocycles. The van der Waals surface area contributed by atoms with Gasteiger partial charge in [-0.25, -0.2) is 9.97 Å². The first-order chi connectivity index (χ1) is 15.4. The number of aryl methyl sites for hydroxylation is 1. The van der Waals surface area contributed by atoms with Crippen LogP contribution in [-0.2, 0) is 0 Å². The van der Waals surface area contributed by atoms with Crippen molar-refractivity contribution in [2.45, 2.75) is 13.8 Å². The van der Waals surface area contributed by atoms with Crippen molar-refractivity contribution in [2.24, 2.45) is 5.73 Å². The number of carbonyl (C=O) groups excluding carboxylic acids is 1. The van der Waals surface area contributed by atoms with Crippen LogP contribution in [0.4, 0.5) is 5.82 Å². The van der Waals surface area contributed by atoms with Crippen molar-refractivity contribution in [3.05, 3.63) is 77.4 Å². The first kappa shape index (κ1) is 19.6. The van der Waals surface area contributed by atoms with E-state index in [1.165, 1.54) is 0 Å². The van der Waals surface area contributed by atoms with Crippen molar-refractivity contribution >= 4 is 33.9 Å². The number of nitrogens with zero attached hydrogens (tertiary/aromatic N) is 3. The van der Waals surface area contributed by atoms with E-state index in [-0.39, 0.29) is 17.1 Å². The van der Waals surface area contributed by atoms with Gasteiger partial charge in [0.05, 0.1) is 16.7 Å². The van der Waals surface area contributed by atoms with Crippen molar-refractivity contribution < 1.29 is 9.90 Å². The number of phenolic OH excluding ortho intramolecular Hbond substituents is 1. The summed E-state index contributed by atoms with van der Waals surface area (Å²) in [6.07, 6.45) is 0. The van der Waals surface area contributed by atoms with Gasteiger partial charge in [-0.1, -0.05) is 42.5 Å². The third-order valence-electron chi connectivity index (χ3n) is 5.77. The highest BCUT2D eigenvalue weighted by Gasteiger charge is 2.25. The molecule has 0 saturated carbocycles. The fourth-order valence-corrected chi connectivity index (χ4v) is 4.16. The molecule has 158 valence electrons. The lowest BCUT2D eigenvalue weighted by atomic mass is 10.1. The molecule has 1 amide bonds. The van der Waals surface area contributed by atoms with Gasteiger partial charge >= 0.3 is 0 Å². The predicted octanol–water partition coefficient (Wildman–Crippen LogP) is 4.24. The molecule has 0 unspecified atom stereocenters. The molecular weight excluding hydrogens is 402 g/mol. The zero-order valence-corrected chi connectivity index (χ0v) is 17.6. The Balaban J connectivity index is 1.86. The molecule has 5 N–H and O–H groups in total. The molecule has 0 saturated heterocycles. The van der Waals surface area contributed by atoms with Crippen LogP contribution in [0, 0.1) is 13.8 Å². The second-order valence-corrected chi connectivity index (χ2v) is 7.80. The van der Waals surface area contributed by atoms with Gasteiger partial charge in [-0.3, -0.25) is 9.36 Å². The molecular formula is C25H21N5O2. The normalized spacial score (nSPS) is 11.3. The Kier molecular flexibility index (Phi) is 4.34. The van der Waals surface area contributed by atoms with Crippen LogP contribution in [0.15, 0.2) is 60.7 Å². The maximum Gasteiger partial charge on any atom is 0.254 e. The molecule has 0 aliphatic heterocycles. The second kappa shape index (κ2) is 7.09. The van der Waals surface area contributed by atoms with Crippen LogP contribution in [0.2, 0.25) is 0 Å². The summed E-state index contributed by atoms with van der Waals surface area (Å²) in [4.78, 5) is 21.9. The Morgan fingerprint density at radius 3 is 2.41 bits per heavy atom. The SMILES string of the molecule is Cc1ccc(O)c(C)c1-n1c(N)c(C(N)=O)c2nc3cc(-c4ccccc4)ccc3nc21. The number of fused-ring (bicyclic) bond motifs is 2. The molecule has 0 aliphatic carbocycles. The number of aromatic hydroxyl groups is 1. The lowest BCUT2D eigenvalue weighted by Crippen LogP contribution is -2.14. The fourth-order valence-electron chi connectivity index (χ4n) is 4.16. The van der Waals surface area contributed by atoms with Gasteiger partial charge in [-0.2, -0.15) is 0 Å². The number of nitrogen functional groups attached to an aromatic ring is 1. The van der Waals surface area contributed by atoms with E-state index in [0.29, 0.717) is 33.4 Å². The van der Waals surface area contributed by atoms with Gasteiger partial charge in [0.2, 0.25) is 0 Å². The van der Waals surface area contributed by atoms with E-state index >= 15 is 0 Å². The highest BCUT2D eigenvalue weighted by atomic mass is 16.3. The minimum absolute atomic E-state index is 0.113. The molecule has 0 atom stereocenters. The number of hydrogen-bond acceptors (Lipinski definition) is 5. The molecule has 32 heavy (non-hydrogen) atoms. The summed E-state index contributed by atoms with van der Waals surface area (Å²) >= 11 is 0. The Hall–Kier alpha value is -4.39. The van der Waals surface area contributed by atoms with E-state index in [2.05, 4.69) is 0 Å². The van der Waals surface area contributed by atoms with Crippen LogP contribution in [0.5, 0.6) is 5.75 Å². The minimum atomic E-state index is -0.686. The molecule has 2 heterocycles. The number of benzene rings is 3. The topological polar surface area (TPSA) is 120 Å². The van der Waals surface area contributed by atoms with E-state index < -0.39 is 5.91 Å². The molecule has 0 spiro atoms. The maximum atomic E-state index is 12.4. The number of primary amides is 1. The van der Waals surface area contributed by atoms with Crippen molar-refractivity contribution in [3.63, 3.8) is 0 Å². The summed E-state index contributed by atoms with van der Waals surface area (Å²) in [5.41, 5.74) is 18.4. The molecule has 0 bridgehead atoms. The summed E-state index contributed by atoms with van der Waals surface area (Å²) in [5, 5.41) is 10.3. The average Bonchev–Trinajstić information content (AvgIpc) is 3.06. The summed E-state index contributed by atoms with van der Waals surface area (Å²) in [5.74, 6) is -0.425. The lowest BCUT2D eigenvalue weighted by Gasteiger charge is -2.15. The van der Waals surface area contributed by atoms with Crippen molar-refractivity contribution in [2.75, 3.05) is 5.73 Å². The highest BCUT2D eigenvalue weighted by molar-refractivity contribution is 6.10. The van der Waals surface area contributed by atoms with Gasteiger partial charge in [-0.05, 0) is 48.7 Å². The van der Waals surface area contributed by atoms with Gasteiger partial charge < -0.3 is 16.6 Å². The summed E-state index contributed by atoms with van der Waals surface area (Å²) in [6, 6.07) is 19.2. The number of carbonyl (C=O) groups is 1. The van der Waals surface area contributed by atoms with Crippen LogP contribution < -0.4 is 11.5 Å². The van der Waals surface area contributed by atoms with Crippen molar-refractivity contribution in [1.29, 1.82) is 0 Å². The van der Waals surface area contributed by atoms with Crippen LogP contribution in [0.1, 0.15) is 21.5 Å². The third kappa shape index (κ3) is 2.86. The molecule has 2 aromatic heterocycles. The van der Waals surface area contributed by atoms with Gasteiger partial charge in [0.15, 0.2) is 5.65 Å². The number of phenols is 1. The number of rotatable bonds is 3. The molecule has 5 aromatic rings. The zero-order valence-electron chi connectivity index (χ0n) is 17.6. The van der Waals surface area contributed by atoms with Crippen LogP contribution in [-0.4, -0.2) is 25.5 Å². The number of aromatic nitrogens is 3. The quantitative estimate of drug-likeness (QED) is 0.401. The van der Waals surface area contributed by atoms with Crippen LogP contribution in [0.3, 0.4) is 0 Å². The number of amides is 1. The van der Waals surface area contributed by atoms with E-state index in [4.69, 9.17) is 21.4 Å². The minimum Gasteiger partial charge on any atom is -0.508 e. The zero-order chi connectivity index (χ0) is 22.6. The van der Waals surface area contributed by atoms with Gasteiger partial charge in [-0.15, -0.1) is 0 Å². The Bertz CT molecular complexity index is 1540. The Morgan fingerprint density at radius 2 is 1.69 bits per heavy atom. The first-order valence-electron chi connectivity index (χ1n) is 10.1. The maximum absolute atomic E-state index is 12.4. The standard InChI is InChI=1S/C25H21N5O2/c1-13-8-11-19(31)14(2)22(13)30-23(26)20(24(27)32)21-25(30)29-17-10-9-16(12-18(17)28-21)15-6-4-3-5-7-15/h3-12,31H,26H2,1-2H3,(H2,27,32). The molecule has 5 rings (SSSR count). The Morgan fingerprint density at radius 1 is 0.938 bits per heavy atom. The predicted molar refractivity (Wildman–Crippen MR) is 126 cm³/mol. The number of hydrogen-bond donors (Lipinski definition) is 3. The average molecular weight is 423 g/mol. The van der Waals surface area contributed by atoms with Gasteiger partial charge in [0.1, 0.15) is 22.6 Å². The van der Waals surface area contributed by atoms with Gasteiger partial charge in [0.25, 0.3) is 5.91 Å². The van der Waals surface area contributed by atoms with E-state index in [9.17, 15) is 9.90 Å². The van der Waals surface area contributed by atoms with Crippen LogP contribution >= 0.6 is 0 Å². The molecule has 7 heteroatoms. The number of anilines is 1. The van der Waals surface area contributed by atoms with E-state index in [1.54, 1.807) is 23.6 Å². The summed E-state index contributed by atoms with van der Waals surface area (Å²) in [6.45, 7) is 3.69. The first-order valence-corrected chi connectivity index (χ1v) is 10.1. The van der Waals surface area contributed by atoms with E-state index in [0.717, 1.165) is 16.7 Å². The van der Waals surface area contributed by atoms with Crippen molar-refractivity contribution in [3.8, 4) is 22.6 Å². The van der Waals surface area contributed by atoms with E-state index in [1.807, 2.05) is 55.5 Å². The van der Waals surface area contributed by atoms with Crippen LogP contribution in [0.25, 0.3) is 39.0 Å². The smallest absolute Gasteiger partial charge is 0.254 e. The molecule has 0 fully saturated rings. The Labute approximate surface area is 183 Å². The van der Waals surface area contributed by atoms with Crippen molar-refractivity contribution in [1.82, 2.24) is 14.5 Å². The summed E-state index contributed by atoms with van der Waals surface area (Å²) < 4.78 is 1.65. The largest absolute Gasteiger partial charge is 0.508 e.